The van der Waals surface area contributed by atoms with Crippen LogP contribution in [0.3, 0.4) is 0 Å². The Morgan fingerprint density at radius 2 is 1.39 bits per heavy atom. The van der Waals surface area contributed by atoms with E-state index in [1.165, 1.54) is 0 Å². The largest absolute Gasteiger partial charge is 0.288 e. The van der Waals surface area contributed by atoms with Crippen LogP contribution in [0.25, 0.3) is 5.57 Å². The van der Waals surface area contributed by atoms with Gasteiger partial charge in [-0.1, -0.05) is 60.7 Å². The highest BCUT2D eigenvalue weighted by Crippen LogP contribution is 2.18. The third-order valence-corrected chi connectivity index (χ3v) is 2.61. The van der Waals surface area contributed by atoms with Crippen LogP contribution in [-0.4, -0.2) is 5.78 Å². The lowest BCUT2D eigenvalue weighted by Gasteiger charge is -2.04. The van der Waals surface area contributed by atoms with Crippen molar-refractivity contribution in [2.24, 2.45) is 0 Å². The fraction of sp³-hybridized carbons (Fsp3) is 0.0588. The molecule has 0 aliphatic carbocycles. The van der Waals surface area contributed by atoms with Gasteiger partial charge in [-0.05, 0) is 18.6 Å². The van der Waals surface area contributed by atoms with E-state index in [1.807, 2.05) is 67.6 Å². The van der Waals surface area contributed by atoms with Gasteiger partial charge >= 0.3 is 0 Å². The Kier molecular flexibility index (Phi) is 3.90. The first-order chi connectivity index (χ1) is 8.83. The fourth-order valence-electron chi connectivity index (χ4n) is 1.76. The Balaban J connectivity index is 2.46. The lowest BCUT2D eigenvalue weighted by Crippen LogP contribution is -2.01. The molecule has 0 atom stereocenters. The maximum absolute atomic E-state index is 12.4. The molecule has 0 saturated carbocycles. The molecule has 0 aromatic heterocycles. The summed E-state index contributed by atoms with van der Waals surface area (Å²) < 4.78 is 0. The van der Waals surface area contributed by atoms with Crippen molar-refractivity contribution in [3.63, 3.8) is 0 Å². The molecule has 0 N–H and O–H groups in total. The molecule has 0 aliphatic rings. The highest BCUT2D eigenvalue weighted by molar-refractivity contribution is 6.28. The Hall–Kier alpha value is -2.37. The minimum absolute atomic E-state index is 0.0000926. The van der Waals surface area contributed by atoms with E-state index in [9.17, 15) is 4.79 Å². The van der Waals surface area contributed by atoms with Crippen molar-refractivity contribution < 1.29 is 4.79 Å². The summed E-state index contributed by atoms with van der Waals surface area (Å²) in [7, 11) is 0. The normalized spacial score (nSPS) is 9.39. The quantitative estimate of drug-likeness (QED) is 0.443. The first kappa shape index (κ1) is 12.1. The molecule has 88 valence electrons. The summed E-state index contributed by atoms with van der Waals surface area (Å²) in [5.41, 5.74) is 5.22. The number of ketones is 1. The first-order valence-corrected chi connectivity index (χ1v) is 5.89. The van der Waals surface area contributed by atoms with E-state index in [4.69, 9.17) is 0 Å². The lowest BCUT2D eigenvalue weighted by molar-refractivity contribution is 0.105. The number of benzene rings is 2. The average Bonchev–Trinajstić information content (AvgIpc) is 2.46. The summed E-state index contributed by atoms with van der Waals surface area (Å²) in [6, 6.07) is 18.9. The highest BCUT2D eigenvalue weighted by atomic mass is 16.1. The molecule has 0 bridgehead atoms. The fourth-order valence-corrected chi connectivity index (χ4v) is 1.76. The monoisotopic (exact) mass is 234 g/mol. The van der Waals surface area contributed by atoms with Crippen molar-refractivity contribution in [2.75, 3.05) is 0 Å². The van der Waals surface area contributed by atoms with E-state index in [2.05, 4.69) is 5.73 Å². The predicted octanol–water partition coefficient (Wildman–Crippen LogP) is 4.13. The van der Waals surface area contributed by atoms with E-state index >= 15 is 0 Å². The summed E-state index contributed by atoms with van der Waals surface area (Å²) in [6.45, 7) is 1.86. The van der Waals surface area contributed by atoms with Gasteiger partial charge in [0.25, 0.3) is 0 Å². The van der Waals surface area contributed by atoms with E-state index in [1.54, 1.807) is 6.08 Å². The maximum atomic E-state index is 12.4. The second-order valence-corrected chi connectivity index (χ2v) is 3.87. The van der Waals surface area contributed by atoms with E-state index in [0.29, 0.717) is 11.1 Å². The SMILES string of the molecule is CC=C=C(C(=O)c1ccccc1)c1ccccc1. The first-order valence-electron chi connectivity index (χ1n) is 5.89. The van der Waals surface area contributed by atoms with Gasteiger partial charge in [-0.2, -0.15) is 0 Å². The molecule has 2 aromatic carbocycles. The Labute approximate surface area is 107 Å². The maximum Gasteiger partial charge on any atom is 0.201 e. The summed E-state index contributed by atoms with van der Waals surface area (Å²) in [5, 5.41) is 0. The van der Waals surface area contributed by atoms with Gasteiger partial charge < -0.3 is 0 Å². The average molecular weight is 234 g/mol. The molecule has 0 aliphatic heterocycles. The zero-order valence-corrected chi connectivity index (χ0v) is 10.3. The summed E-state index contributed by atoms with van der Waals surface area (Å²) >= 11 is 0. The Bertz CT molecular complexity index is 588. The van der Waals surface area contributed by atoms with Crippen LogP contribution < -0.4 is 0 Å². The molecule has 0 unspecified atom stereocenters. The number of Topliss-reactive ketones (excluding diaryl/α,β-unsaturated/α-hetero) is 1. The minimum atomic E-state index is -0.0000926. The standard InChI is InChI=1S/C17H14O/c1-2-9-16(14-10-5-3-6-11-14)17(18)15-12-7-4-8-13-15/h2-8,10-13H,1H3. The summed E-state index contributed by atoms with van der Waals surface area (Å²) in [6.07, 6.45) is 1.77. The third kappa shape index (κ3) is 2.65. The zero-order valence-electron chi connectivity index (χ0n) is 10.3. The number of rotatable bonds is 3. The second-order valence-electron chi connectivity index (χ2n) is 3.87. The van der Waals surface area contributed by atoms with Crippen molar-refractivity contribution in [2.45, 2.75) is 6.92 Å². The van der Waals surface area contributed by atoms with Gasteiger partial charge in [0, 0.05) is 5.56 Å². The van der Waals surface area contributed by atoms with Crippen molar-refractivity contribution in [1.29, 1.82) is 0 Å². The van der Waals surface area contributed by atoms with Gasteiger partial charge in [-0.15, -0.1) is 5.73 Å². The molecule has 0 fully saturated rings. The molecular weight excluding hydrogens is 220 g/mol. The van der Waals surface area contributed by atoms with Crippen molar-refractivity contribution in [1.82, 2.24) is 0 Å². The summed E-state index contributed by atoms with van der Waals surface area (Å²) in [4.78, 5) is 12.4. The van der Waals surface area contributed by atoms with Gasteiger partial charge in [0.2, 0.25) is 5.78 Å². The van der Waals surface area contributed by atoms with Crippen LogP contribution in [-0.2, 0) is 0 Å². The molecule has 18 heavy (non-hydrogen) atoms. The number of hydrogen-bond donors (Lipinski definition) is 0. The van der Waals surface area contributed by atoms with Crippen LogP contribution in [0.2, 0.25) is 0 Å². The van der Waals surface area contributed by atoms with Crippen LogP contribution in [0.4, 0.5) is 0 Å². The lowest BCUT2D eigenvalue weighted by atomic mass is 9.97. The molecule has 2 rings (SSSR count). The van der Waals surface area contributed by atoms with Gasteiger partial charge in [-0.25, -0.2) is 0 Å². The van der Waals surface area contributed by atoms with Gasteiger partial charge in [0.15, 0.2) is 0 Å². The topological polar surface area (TPSA) is 17.1 Å². The molecule has 1 heteroatoms. The molecule has 0 heterocycles. The molecular formula is C17H14O. The Morgan fingerprint density at radius 3 is 1.89 bits per heavy atom. The van der Waals surface area contributed by atoms with Crippen molar-refractivity contribution in [3.8, 4) is 0 Å². The van der Waals surface area contributed by atoms with Crippen molar-refractivity contribution in [3.05, 3.63) is 83.6 Å². The van der Waals surface area contributed by atoms with Crippen LogP contribution in [0.15, 0.2) is 72.5 Å². The van der Waals surface area contributed by atoms with Crippen LogP contribution in [0.5, 0.6) is 0 Å². The zero-order chi connectivity index (χ0) is 12.8. The van der Waals surface area contributed by atoms with E-state index in [-0.39, 0.29) is 5.78 Å². The van der Waals surface area contributed by atoms with E-state index in [0.717, 1.165) is 5.56 Å². The summed E-state index contributed by atoms with van der Waals surface area (Å²) in [5.74, 6) is -0.0000926. The van der Waals surface area contributed by atoms with E-state index < -0.39 is 0 Å². The minimum Gasteiger partial charge on any atom is -0.288 e. The molecule has 0 amide bonds. The van der Waals surface area contributed by atoms with Crippen LogP contribution in [0, 0.1) is 0 Å². The number of allylic oxidation sites excluding steroid dienone is 1. The third-order valence-electron chi connectivity index (χ3n) is 2.61. The second kappa shape index (κ2) is 5.81. The van der Waals surface area contributed by atoms with Gasteiger partial charge in [-0.3, -0.25) is 4.79 Å². The molecule has 0 saturated heterocycles. The highest BCUT2D eigenvalue weighted by Gasteiger charge is 2.12. The molecule has 0 radical (unpaired) electrons. The van der Waals surface area contributed by atoms with Gasteiger partial charge in [0.05, 0.1) is 5.57 Å². The van der Waals surface area contributed by atoms with Crippen molar-refractivity contribution >= 4 is 11.4 Å². The van der Waals surface area contributed by atoms with Crippen LogP contribution in [0.1, 0.15) is 22.8 Å². The predicted molar refractivity (Wildman–Crippen MR) is 74.4 cm³/mol. The molecule has 1 nitrogen and oxygen atoms in total. The Morgan fingerprint density at radius 1 is 0.889 bits per heavy atom. The molecule has 0 spiro atoms. The number of carbonyl (C=O) groups is 1. The molecule has 2 aromatic rings. The number of hydrogen-bond acceptors (Lipinski definition) is 1. The van der Waals surface area contributed by atoms with Crippen LogP contribution >= 0.6 is 0 Å². The number of carbonyl (C=O) groups excluding carboxylic acids is 1. The smallest absolute Gasteiger partial charge is 0.201 e. The van der Waals surface area contributed by atoms with Gasteiger partial charge in [0.1, 0.15) is 0 Å².